The molecule has 3 N–H and O–H groups in total. The molecule has 6 nitrogen and oxygen atoms in total. The highest BCUT2D eigenvalue weighted by atomic mass is 35.5. The summed E-state index contributed by atoms with van der Waals surface area (Å²) in [5.74, 6) is 0.0479. The van der Waals surface area contributed by atoms with Crippen LogP contribution in [0.2, 0.25) is 0 Å². The van der Waals surface area contributed by atoms with Gasteiger partial charge in [-0.1, -0.05) is 0 Å². The third-order valence-corrected chi connectivity index (χ3v) is 4.35. The first-order valence-corrected chi connectivity index (χ1v) is 8.26. The van der Waals surface area contributed by atoms with Gasteiger partial charge in [-0.2, -0.15) is 0 Å². The van der Waals surface area contributed by atoms with E-state index in [4.69, 9.17) is 4.74 Å². The minimum atomic E-state index is -0.339. The third kappa shape index (κ3) is 4.93. The maximum atomic E-state index is 12.2. The molecule has 0 aromatic heterocycles. The Kier molecular flexibility index (Phi) is 7.02. The molecule has 24 heavy (non-hydrogen) atoms. The van der Waals surface area contributed by atoms with Crippen LogP contribution >= 0.6 is 12.4 Å². The van der Waals surface area contributed by atoms with E-state index in [2.05, 4.69) is 16.0 Å². The summed E-state index contributed by atoms with van der Waals surface area (Å²) in [6, 6.07) is 7.21. The second-order valence-electron chi connectivity index (χ2n) is 6.08. The first kappa shape index (κ1) is 18.7. The van der Waals surface area contributed by atoms with Gasteiger partial charge >= 0.3 is 0 Å². The van der Waals surface area contributed by atoms with Crippen molar-refractivity contribution in [3.05, 3.63) is 24.3 Å². The van der Waals surface area contributed by atoms with Gasteiger partial charge in [0.25, 0.3) is 5.91 Å². The van der Waals surface area contributed by atoms with Crippen LogP contribution in [-0.2, 0) is 14.3 Å². The van der Waals surface area contributed by atoms with Crippen molar-refractivity contribution in [1.29, 1.82) is 0 Å². The summed E-state index contributed by atoms with van der Waals surface area (Å²) in [6.07, 6.45) is 3.12. The number of amides is 2. The van der Waals surface area contributed by atoms with Crippen LogP contribution in [0.4, 0.5) is 11.4 Å². The summed E-state index contributed by atoms with van der Waals surface area (Å²) in [4.78, 5) is 24.2. The number of ether oxygens (including phenoxy) is 1. The number of carbonyl (C=O) groups excluding carboxylic acids is 2. The number of benzene rings is 1. The Morgan fingerprint density at radius 1 is 0.958 bits per heavy atom. The Morgan fingerprint density at radius 3 is 2.08 bits per heavy atom. The normalized spacial score (nSPS) is 20.9. The van der Waals surface area contributed by atoms with Crippen molar-refractivity contribution in [2.24, 2.45) is 5.92 Å². The maximum Gasteiger partial charge on any atom is 0.253 e. The fourth-order valence-electron chi connectivity index (χ4n) is 2.97. The van der Waals surface area contributed by atoms with E-state index in [1.54, 1.807) is 12.1 Å². The standard InChI is InChI=1S/C17H23N3O3.ClH/c21-16(12-7-9-18-10-8-12)19-13-3-5-14(6-4-13)20-17(22)15-2-1-11-23-15;/h3-6,12,15,18H,1-2,7-11H2,(H,19,21)(H,20,22);1H. The quantitative estimate of drug-likeness (QED) is 0.775. The van der Waals surface area contributed by atoms with Gasteiger partial charge in [0.2, 0.25) is 5.91 Å². The van der Waals surface area contributed by atoms with E-state index < -0.39 is 0 Å². The van der Waals surface area contributed by atoms with E-state index in [1.165, 1.54) is 0 Å². The first-order chi connectivity index (χ1) is 11.2. The Balaban J connectivity index is 0.00000208. The number of halogens is 1. The number of piperidine rings is 1. The Morgan fingerprint density at radius 2 is 1.54 bits per heavy atom. The highest BCUT2D eigenvalue weighted by molar-refractivity contribution is 5.95. The first-order valence-electron chi connectivity index (χ1n) is 8.26. The summed E-state index contributed by atoms with van der Waals surface area (Å²) in [7, 11) is 0. The number of nitrogens with one attached hydrogen (secondary N) is 3. The van der Waals surface area contributed by atoms with Crippen molar-refractivity contribution in [3.63, 3.8) is 0 Å². The minimum absolute atomic E-state index is 0. The predicted octanol–water partition coefficient (Wildman–Crippen LogP) is 2.16. The van der Waals surface area contributed by atoms with Gasteiger partial charge in [0.1, 0.15) is 6.10 Å². The van der Waals surface area contributed by atoms with Crippen LogP contribution in [0.25, 0.3) is 0 Å². The molecule has 1 unspecified atom stereocenters. The van der Waals surface area contributed by atoms with Crippen LogP contribution in [0.1, 0.15) is 25.7 Å². The summed E-state index contributed by atoms with van der Waals surface area (Å²) in [6.45, 7) is 2.44. The molecule has 1 atom stereocenters. The van der Waals surface area contributed by atoms with Crippen molar-refractivity contribution >= 4 is 35.6 Å². The van der Waals surface area contributed by atoms with Crippen molar-refractivity contribution in [2.45, 2.75) is 31.8 Å². The zero-order valence-electron chi connectivity index (χ0n) is 13.5. The molecule has 2 saturated heterocycles. The zero-order chi connectivity index (χ0) is 16.1. The highest BCUT2D eigenvalue weighted by Gasteiger charge is 2.23. The summed E-state index contributed by atoms with van der Waals surface area (Å²) >= 11 is 0. The molecule has 132 valence electrons. The van der Waals surface area contributed by atoms with Crippen LogP contribution in [0.3, 0.4) is 0 Å². The van der Waals surface area contributed by atoms with E-state index in [0.717, 1.165) is 44.5 Å². The lowest BCUT2D eigenvalue weighted by Crippen LogP contribution is -2.34. The minimum Gasteiger partial charge on any atom is -0.368 e. The van der Waals surface area contributed by atoms with Gasteiger partial charge in [0, 0.05) is 23.9 Å². The molecule has 0 saturated carbocycles. The van der Waals surface area contributed by atoms with Gasteiger partial charge in [0.15, 0.2) is 0 Å². The van der Waals surface area contributed by atoms with E-state index in [0.29, 0.717) is 12.3 Å². The molecule has 0 aliphatic carbocycles. The number of hydrogen-bond acceptors (Lipinski definition) is 4. The topological polar surface area (TPSA) is 79.5 Å². The van der Waals surface area contributed by atoms with E-state index in [-0.39, 0.29) is 36.2 Å². The fraction of sp³-hybridized carbons (Fsp3) is 0.529. The van der Waals surface area contributed by atoms with E-state index >= 15 is 0 Å². The van der Waals surface area contributed by atoms with Crippen molar-refractivity contribution in [1.82, 2.24) is 5.32 Å². The van der Waals surface area contributed by atoms with Crippen molar-refractivity contribution < 1.29 is 14.3 Å². The molecule has 2 aliphatic rings. The number of rotatable bonds is 4. The molecule has 0 bridgehead atoms. The highest BCUT2D eigenvalue weighted by Crippen LogP contribution is 2.19. The molecule has 7 heteroatoms. The SMILES string of the molecule is Cl.O=C(Nc1ccc(NC(=O)C2CCCO2)cc1)C1CCNCC1. The Hall–Kier alpha value is -1.63. The number of carbonyl (C=O) groups is 2. The lowest BCUT2D eigenvalue weighted by molar-refractivity contribution is -0.124. The molecule has 3 rings (SSSR count). The Labute approximate surface area is 148 Å². The monoisotopic (exact) mass is 353 g/mol. The molecule has 1 aromatic rings. The average Bonchev–Trinajstić information content (AvgIpc) is 3.12. The molecule has 0 spiro atoms. The van der Waals surface area contributed by atoms with Gasteiger partial charge in [-0.15, -0.1) is 12.4 Å². The van der Waals surface area contributed by atoms with Gasteiger partial charge in [-0.3, -0.25) is 9.59 Å². The molecular weight excluding hydrogens is 330 g/mol. The maximum absolute atomic E-state index is 12.2. The summed E-state index contributed by atoms with van der Waals surface area (Å²) in [5, 5.41) is 9.04. The summed E-state index contributed by atoms with van der Waals surface area (Å²) < 4.78 is 5.36. The zero-order valence-corrected chi connectivity index (χ0v) is 14.4. The Bertz CT molecular complexity index is 553. The predicted molar refractivity (Wildman–Crippen MR) is 95.5 cm³/mol. The molecule has 2 aliphatic heterocycles. The van der Waals surface area contributed by atoms with Crippen LogP contribution < -0.4 is 16.0 Å². The largest absolute Gasteiger partial charge is 0.368 e. The third-order valence-electron chi connectivity index (χ3n) is 4.35. The van der Waals surface area contributed by atoms with Gasteiger partial charge in [-0.05, 0) is 63.0 Å². The second kappa shape index (κ2) is 9.01. The lowest BCUT2D eigenvalue weighted by Gasteiger charge is -2.21. The number of hydrogen-bond donors (Lipinski definition) is 3. The van der Waals surface area contributed by atoms with Crippen molar-refractivity contribution in [2.75, 3.05) is 30.3 Å². The lowest BCUT2D eigenvalue weighted by atomic mass is 9.97. The van der Waals surface area contributed by atoms with Crippen molar-refractivity contribution in [3.8, 4) is 0 Å². The summed E-state index contributed by atoms with van der Waals surface area (Å²) in [5.41, 5.74) is 1.47. The molecule has 2 amide bonds. The molecule has 1 aromatic carbocycles. The van der Waals surface area contributed by atoms with Crippen LogP contribution in [-0.4, -0.2) is 37.6 Å². The fourth-order valence-corrected chi connectivity index (χ4v) is 2.97. The van der Waals surface area contributed by atoms with Crippen LogP contribution in [0, 0.1) is 5.92 Å². The smallest absolute Gasteiger partial charge is 0.253 e. The molecule has 2 heterocycles. The van der Waals surface area contributed by atoms with Gasteiger partial charge in [0.05, 0.1) is 0 Å². The van der Waals surface area contributed by atoms with Gasteiger partial charge < -0.3 is 20.7 Å². The second-order valence-corrected chi connectivity index (χ2v) is 6.08. The molecule has 0 radical (unpaired) electrons. The van der Waals surface area contributed by atoms with E-state index in [9.17, 15) is 9.59 Å². The van der Waals surface area contributed by atoms with Crippen LogP contribution in [0.5, 0.6) is 0 Å². The van der Waals surface area contributed by atoms with Crippen LogP contribution in [0.15, 0.2) is 24.3 Å². The van der Waals surface area contributed by atoms with E-state index in [1.807, 2.05) is 12.1 Å². The molecule has 2 fully saturated rings. The molecular formula is C17H24ClN3O3. The number of anilines is 2. The van der Waals surface area contributed by atoms with Gasteiger partial charge in [-0.25, -0.2) is 0 Å². The average molecular weight is 354 g/mol.